The predicted molar refractivity (Wildman–Crippen MR) is 86.8 cm³/mol. The van der Waals surface area contributed by atoms with Crippen LogP contribution >= 0.6 is 11.3 Å². The molecule has 2 unspecified atom stereocenters. The van der Waals surface area contributed by atoms with Gasteiger partial charge >= 0.3 is 0 Å². The zero-order valence-electron chi connectivity index (χ0n) is 13.4. The molecule has 1 amide bonds. The number of nitrogens with zero attached hydrogens (tertiary/aromatic N) is 1. The van der Waals surface area contributed by atoms with Crippen molar-refractivity contribution < 1.29 is 18.3 Å². The fraction of sp³-hybridized carbons (Fsp3) is 0.412. The van der Waals surface area contributed by atoms with Crippen molar-refractivity contribution in [3.63, 3.8) is 0 Å². The number of aromatic nitrogens is 1. The normalized spacial score (nSPS) is 16.7. The van der Waals surface area contributed by atoms with Gasteiger partial charge in [-0.15, -0.1) is 11.3 Å². The molecular weight excluding hydrogens is 334 g/mol. The van der Waals surface area contributed by atoms with E-state index in [0.717, 1.165) is 31.0 Å². The highest BCUT2D eigenvalue weighted by Gasteiger charge is 2.35. The molecule has 128 valence electrons. The lowest BCUT2D eigenvalue weighted by Gasteiger charge is -2.19. The lowest BCUT2D eigenvalue weighted by atomic mass is 10.0. The molecule has 2 aromatic rings. The van der Waals surface area contributed by atoms with Crippen molar-refractivity contribution >= 4 is 17.2 Å². The Labute approximate surface area is 142 Å². The maximum absolute atomic E-state index is 14.1. The number of nitrogens with one attached hydrogen (secondary N) is 1. The minimum Gasteiger partial charge on any atom is -0.375 e. The monoisotopic (exact) mass is 352 g/mol. The Morgan fingerprint density at radius 1 is 1.42 bits per heavy atom. The number of rotatable bonds is 6. The molecule has 4 nitrogen and oxygen atoms in total. The van der Waals surface area contributed by atoms with Crippen LogP contribution in [-0.2, 0) is 4.74 Å². The summed E-state index contributed by atoms with van der Waals surface area (Å²) >= 11 is 1.33. The molecule has 1 aliphatic carbocycles. The van der Waals surface area contributed by atoms with Gasteiger partial charge in [-0.05, 0) is 43.9 Å². The van der Waals surface area contributed by atoms with Crippen LogP contribution in [0.3, 0.4) is 0 Å². The van der Waals surface area contributed by atoms with E-state index in [9.17, 15) is 13.6 Å². The summed E-state index contributed by atoms with van der Waals surface area (Å²) in [5.41, 5.74) is 0.452. The number of halogens is 2. The van der Waals surface area contributed by atoms with Crippen LogP contribution in [0.1, 0.15) is 53.0 Å². The lowest BCUT2D eigenvalue weighted by molar-refractivity contribution is 0.0924. The number of carbonyl (C=O) groups is 1. The molecule has 0 bridgehead atoms. The molecule has 1 fully saturated rings. The van der Waals surface area contributed by atoms with Gasteiger partial charge in [0, 0.05) is 18.1 Å². The van der Waals surface area contributed by atoms with Gasteiger partial charge in [0.1, 0.15) is 28.4 Å². The zero-order valence-corrected chi connectivity index (χ0v) is 14.2. The molecule has 1 aromatic heterocycles. The Kier molecular flexibility index (Phi) is 4.91. The summed E-state index contributed by atoms with van der Waals surface area (Å²) in [6.45, 7) is 1.84. The first kappa shape index (κ1) is 17.0. The van der Waals surface area contributed by atoms with Gasteiger partial charge in [-0.2, -0.15) is 0 Å². The number of hydrogen-bond acceptors (Lipinski definition) is 4. The van der Waals surface area contributed by atoms with Crippen molar-refractivity contribution in [3.8, 4) is 0 Å². The molecule has 24 heavy (non-hydrogen) atoms. The van der Waals surface area contributed by atoms with E-state index in [2.05, 4.69) is 10.3 Å². The second-order valence-corrected chi connectivity index (χ2v) is 6.79. The second-order valence-electron chi connectivity index (χ2n) is 5.90. The van der Waals surface area contributed by atoms with Crippen LogP contribution in [0.15, 0.2) is 23.6 Å². The molecule has 2 atom stereocenters. The lowest BCUT2D eigenvalue weighted by Crippen LogP contribution is -2.31. The van der Waals surface area contributed by atoms with E-state index in [4.69, 9.17) is 4.74 Å². The third-order valence-electron chi connectivity index (χ3n) is 4.13. The number of amides is 1. The number of hydrogen-bond donors (Lipinski definition) is 1. The SMILES string of the molecule is COC(C)c1nc(C(=O)NC(c2cc(F)ccc2F)C2CC2)cs1. The first-order chi connectivity index (χ1) is 11.5. The Bertz CT molecular complexity index is 746. The Hall–Kier alpha value is -1.86. The molecular formula is C17H18F2N2O2S. The van der Waals surface area contributed by atoms with Gasteiger partial charge in [-0.3, -0.25) is 4.79 Å². The van der Waals surface area contributed by atoms with Crippen LogP contribution in [0.2, 0.25) is 0 Å². The summed E-state index contributed by atoms with van der Waals surface area (Å²) in [6, 6.07) is 2.77. The Morgan fingerprint density at radius 2 is 2.17 bits per heavy atom. The number of benzene rings is 1. The van der Waals surface area contributed by atoms with Gasteiger partial charge in [0.15, 0.2) is 0 Å². The topological polar surface area (TPSA) is 51.2 Å². The minimum atomic E-state index is -0.543. The van der Waals surface area contributed by atoms with Crippen molar-refractivity contribution in [3.05, 3.63) is 51.5 Å². The van der Waals surface area contributed by atoms with E-state index < -0.39 is 17.7 Å². The van der Waals surface area contributed by atoms with Crippen LogP contribution in [-0.4, -0.2) is 18.0 Å². The molecule has 1 saturated carbocycles. The van der Waals surface area contributed by atoms with E-state index in [1.165, 1.54) is 11.3 Å². The maximum atomic E-state index is 14.1. The van der Waals surface area contributed by atoms with Crippen LogP contribution in [0.5, 0.6) is 0 Å². The van der Waals surface area contributed by atoms with E-state index in [-0.39, 0.29) is 29.2 Å². The van der Waals surface area contributed by atoms with Crippen LogP contribution < -0.4 is 5.32 Å². The zero-order chi connectivity index (χ0) is 17.3. The molecule has 1 heterocycles. The molecule has 1 aromatic carbocycles. The van der Waals surface area contributed by atoms with Crippen molar-refractivity contribution in [2.45, 2.75) is 31.9 Å². The van der Waals surface area contributed by atoms with E-state index in [1.807, 2.05) is 6.92 Å². The van der Waals surface area contributed by atoms with Gasteiger partial charge in [0.25, 0.3) is 5.91 Å². The number of ether oxygens (including phenoxy) is 1. The molecule has 7 heteroatoms. The smallest absolute Gasteiger partial charge is 0.271 e. The van der Waals surface area contributed by atoms with E-state index >= 15 is 0 Å². The van der Waals surface area contributed by atoms with Gasteiger partial charge in [-0.25, -0.2) is 13.8 Å². The highest BCUT2D eigenvalue weighted by Crippen LogP contribution is 2.42. The molecule has 0 radical (unpaired) electrons. The predicted octanol–water partition coefficient (Wildman–Crippen LogP) is 4.01. The Balaban J connectivity index is 1.80. The van der Waals surface area contributed by atoms with Crippen molar-refractivity contribution in [1.29, 1.82) is 0 Å². The summed E-state index contributed by atoms with van der Waals surface area (Å²) in [5, 5.41) is 5.15. The first-order valence-corrected chi connectivity index (χ1v) is 8.61. The summed E-state index contributed by atoms with van der Waals surface area (Å²) in [7, 11) is 1.57. The highest BCUT2D eigenvalue weighted by atomic mass is 32.1. The van der Waals surface area contributed by atoms with Crippen LogP contribution in [0.25, 0.3) is 0 Å². The fourth-order valence-electron chi connectivity index (χ4n) is 2.53. The first-order valence-electron chi connectivity index (χ1n) is 7.73. The van der Waals surface area contributed by atoms with Gasteiger partial charge in [0.05, 0.1) is 6.04 Å². The highest BCUT2D eigenvalue weighted by molar-refractivity contribution is 7.09. The summed E-state index contributed by atoms with van der Waals surface area (Å²) in [6.07, 6.45) is 1.56. The number of carbonyl (C=O) groups excluding carboxylic acids is 1. The standard InChI is InChI=1S/C17H18F2N2O2S/c1-9(23-2)17-20-14(8-24-17)16(22)21-15(10-3-4-10)12-7-11(18)5-6-13(12)19/h5-10,15H,3-4H2,1-2H3,(H,21,22). The van der Waals surface area contributed by atoms with Gasteiger partial charge in [0.2, 0.25) is 0 Å². The molecule has 0 saturated heterocycles. The van der Waals surface area contributed by atoms with E-state index in [1.54, 1.807) is 12.5 Å². The van der Waals surface area contributed by atoms with Crippen LogP contribution in [0.4, 0.5) is 8.78 Å². The van der Waals surface area contributed by atoms with Gasteiger partial charge < -0.3 is 10.1 Å². The minimum absolute atomic E-state index is 0.126. The number of thiazole rings is 1. The second kappa shape index (κ2) is 6.94. The van der Waals surface area contributed by atoms with Crippen molar-refractivity contribution in [1.82, 2.24) is 10.3 Å². The number of methoxy groups -OCH3 is 1. The summed E-state index contributed by atoms with van der Waals surface area (Å²) in [5.74, 6) is -1.29. The van der Waals surface area contributed by atoms with Crippen LogP contribution in [0, 0.1) is 17.6 Å². The Morgan fingerprint density at radius 3 is 2.83 bits per heavy atom. The molecule has 0 spiro atoms. The summed E-state index contributed by atoms with van der Waals surface area (Å²) in [4.78, 5) is 16.7. The molecule has 1 N–H and O–H groups in total. The average molecular weight is 352 g/mol. The van der Waals surface area contributed by atoms with E-state index in [0.29, 0.717) is 5.01 Å². The molecule has 0 aliphatic heterocycles. The molecule has 3 rings (SSSR count). The quantitative estimate of drug-likeness (QED) is 0.855. The summed E-state index contributed by atoms with van der Waals surface area (Å²) < 4.78 is 32.7. The third-order valence-corrected chi connectivity index (χ3v) is 5.13. The largest absolute Gasteiger partial charge is 0.375 e. The maximum Gasteiger partial charge on any atom is 0.271 e. The average Bonchev–Trinajstić information content (AvgIpc) is 3.29. The van der Waals surface area contributed by atoms with Crippen molar-refractivity contribution in [2.24, 2.45) is 5.92 Å². The van der Waals surface area contributed by atoms with Crippen molar-refractivity contribution in [2.75, 3.05) is 7.11 Å². The third kappa shape index (κ3) is 3.62. The molecule has 1 aliphatic rings. The fourth-order valence-corrected chi connectivity index (χ4v) is 3.36. The van der Waals surface area contributed by atoms with Gasteiger partial charge in [-0.1, -0.05) is 0 Å².